The number of carbonyl (C=O) groups is 2. The van der Waals surface area contributed by atoms with Gasteiger partial charge in [0.2, 0.25) is 0 Å². The largest absolute Gasteiger partial charge is 0.385 e. The first-order chi connectivity index (χ1) is 19.0. The summed E-state index contributed by atoms with van der Waals surface area (Å²) in [6.07, 6.45) is 11.0. The smallest absolute Gasteiger partial charge is 0.330 e. The van der Waals surface area contributed by atoms with E-state index in [1.165, 1.54) is 43.4 Å². The number of rotatable bonds is 20. The van der Waals surface area contributed by atoms with E-state index in [1.54, 1.807) is 19.9 Å². The molecule has 0 radical (unpaired) electrons. The van der Waals surface area contributed by atoms with Crippen LogP contribution in [-0.2, 0) is 13.6 Å². The van der Waals surface area contributed by atoms with Crippen molar-refractivity contribution >= 4 is 35.9 Å². The van der Waals surface area contributed by atoms with Crippen molar-refractivity contribution in [1.29, 1.82) is 0 Å². The fourth-order valence-electron chi connectivity index (χ4n) is 5.19. The zero-order valence-corrected chi connectivity index (χ0v) is 24.6. The van der Waals surface area contributed by atoms with Gasteiger partial charge < -0.3 is 20.1 Å². The van der Waals surface area contributed by atoms with Crippen LogP contribution in [0.15, 0.2) is 30.3 Å². The molecule has 0 aromatic heterocycles. The Bertz CT molecular complexity index is 1110. The average Bonchev–Trinajstić information content (AvgIpc) is 2.92. The van der Waals surface area contributed by atoms with Crippen molar-refractivity contribution in [2.45, 2.75) is 78.1 Å². The highest BCUT2D eigenvalue weighted by Crippen LogP contribution is 2.48. The number of amides is 2. The van der Waals surface area contributed by atoms with Crippen molar-refractivity contribution in [3.05, 3.63) is 41.5 Å². The van der Waals surface area contributed by atoms with Crippen molar-refractivity contribution in [2.75, 3.05) is 44.3 Å². The molecule has 0 saturated heterocycles. The summed E-state index contributed by atoms with van der Waals surface area (Å²) in [6.45, 7) is 6.10. The van der Waals surface area contributed by atoms with Crippen LogP contribution in [0.4, 0.5) is 5.69 Å². The first-order valence-electron chi connectivity index (χ1n) is 14.7. The fraction of sp³-hybridized carbons (Fsp3) is 0.600. The number of hydrogen-bond donors (Lipinski definition) is 2. The van der Waals surface area contributed by atoms with E-state index in [1.807, 2.05) is 24.3 Å². The maximum Gasteiger partial charge on any atom is 0.330 e. The van der Waals surface area contributed by atoms with Gasteiger partial charge in [0.05, 0.1) is 19.4 Å². The van der Waals surface area contributed by atoms with E-state index in [-0.39, 0.29) is 24.5 Å². The topological polar surface area (TPSA) is 111 Å². The molecule has 0 atom stereocenters. The molecule has 0 aliphatic carbocycles. The standard InChI is InChI=1S/C30H46N3O5P/c1-3-37-39(36,38-4-2)23-14-13-22-33-29(34)25-17-15-16-24-27(19-18-26(28(24)25)30(33)35)32-21-12-10-8-6-5-7-9-11-20-31/h15-19,32H,3-14,20-23,31H2,1-2H3. The minimum atomic E-state index is -3.14. The highest BCUT2D eigenvalue weighted by molar-refractivity contribution is 7.53. The van der Waals surface area contributed by atoms with Crippen LogP contribution >= 0.6 is 7.60 Å². The number of unbranched alkanes of at least 4 members (excludes halogenated alkanes) is 8. The van der Waals surface area contributed by atoms with Gasteiger partial charge in [0, 0.05) is 40.7 Å². The number of nitrogens with two attached hydrogens (primary N) is 1. The first kappa shape index (κ1) is 31.3. The summed E-state index contributed by atoms with van der Waals surface area (Å²) in [6, 6.07) is 9.43. The Morgan fingerprint density at radius 2 is 1.41 bits per heavy atom. The lowest BCUT2D eigenvalue weighted by Crippen LogP contribution is -2.41. The molecule has 1 heterocycles. The molecule has 8 nitrogen and oxygen atoms in total. The van der Waals surface area contributed by atoms with Crippen LogP contribution < -0.4 is 11.1 Å². The number of anilines is 1. The molecule has 0 fully saturated rings. The van der Waals surface area contributed by atoms with Crippen LogP contribution in [0, 0.1) is 0 Å². The van der Waals surface area contributed by atoms with Crippen molar-refractivity contribution in [2.24, 2.45) is 5.73 Å². The second-order valence-corrected chi connectivity index (χ2v) is 12.3. The van der Waals surface area contributed by atoms with E-state index in [0.29, 0.717) is 37.2 Å². The highest BCUT2D eigenvalue weighted by atomic mass is 31.2. The van der Waals surface area contributed by atoms with Gasteiger partial charge >= 0.3 is 7.60 Å². The number of carbonyl (C=O) groups excluding carboxylic acids is 2. The number of hydrogen-bond acceptors (Lipinski definition) is 7. The van der Waals surface area contributed by atoms with E-state index in [9.17, 15) is 14.2 Å². The Hall–Kier alpha value is -2.25. The van der Waals surface area contributed by atoms with Crippen LogP contribution in [0.25, 0.3) is 10.8 Å². The molecule has 0 spiro atoms. The molecule has 0 unspecified atom stereocenters. The molecule has 39 heavy (non-hydrogen) atoms. The number of imide groups is 1. The molecular weight excluding hydrogens is 513 g/mol. The van der Waals surface area contributed by atoms with Gasteiger partial charge in [0.1, 0.15) is 0 Å². The van der Waals surface area contributed by atoms with E-state index in [2.05, 4.69) is 5.32 Å². The Balaban J connectivity index is 1.56. The average molecular weight is 560 g/mol. The van der Waals surface area contributed by atoms with Crippen molar-refractivity contribution < 1.29 is 23.2 Å². The molecular formula is C30H46N3O5P. The summed E-state index contributed by atoms with van der Waals surface area (Å²) >= 11 is 0. The number of benzene rings is 2. The molecule has 3 rings (SSSR count). The Morgan fingerprint density at radius 1 is 0.795 bits per heavy atom. The lowest BCUT2D eigenvalue weighted by Gasteiger charge is -2.28. The molecule has 1 aliphatic rings. The third kappa shape index (κ3) is 8.62. The molecule has 0 saturated carbocycles. The van der Waals surface area contributed by atoms with Crippen molar-refractivity contribution in [3.63, 3.8) is 0 Å². The van der Waals surface area contributed by atoms with Gasteiger partial charge in [-0.05, 0) is 64.3 Å². The van der Waals surface area contributed by atoms with Crippen LogP contribution in [-0.4, -0.2) is 55.7 Å². The maximum absolute atomic E-state index is 13.3. The Morgan fingerprint density at radius 3 is 2.05 bits per heavy atom. The molecule has 2 aromatic carbocycles. The minimum Gasteiger partial charge on any atom is -0.385 e. The summed E-state index contributed by atoms with van der Waals surface area (Å²) in [5.74, 6) is -0.556. The maximum atomic E-state index is 13.3. The van der Waals surface area contributed by atoms with Crippen molar-refractivity contribution in [1.82, 2.24) is 4.90 Å². The van der Waals surface area contributed by atoms with E-state index < -0.39 is 7.60 Å². The predicted molar refractivity (Wildman–Crippen MR) is 159 cm³/mol. The number of nitrogens with zero attached hydrogens (tertiary/aromatic N) is 1. The lowest BCUT2D eigenvalue weighted by molar-refractivity contribution is 0.0608. The Kier molecular flexibility index (Phi) is 12.9. The van der Waals surface area contributed by atoms with E-state index in [4.69, 9.17) is 14.8 Å². The predicted octanol–water partition coefficient (Wildman–Crippen LogP) is 6.97. The van der Waals surface area contributed by atoms with Gasteiger partial charge in [0.25, 0.3) is 11.8 Å². The summed E-state index contributed by atoms with van der Waals surface area (Å²) < 4.78 is 23.4. The number of nitrogens with one attached hydrogen (secondary N) is 1. The SMILES string of the molecule is CCOP(=O)(CCCCN1C(=O)c2cccc3c(NCCCCCCCCCCN)ccc(c23)C1=O)OCC. The van der Waals surface area contributed by atoms with Gasteiger partial charge in [-0.3, -0.25) is 19.1 Å². The monoisotopic (exact) mass is 559 g/mol. The first-order valence-corrected chi connectivity index (χ1v) is 16.4. The van der Waals surface area contributed by atoms with Gasteiger partial charge in [-0.25, -0.2) is 0 Å². The summed E-state index contributed by atoms with van der Waals surface area (Å²) in [4.78, 5) is 28.0. The third-order valence-electron chi connectivity index (χ3n) is 7.15. The minimum absolute atomic E-state index is 0.263. The van der Waals surface area contributed by atoms with Crippen LogP contribution in [0.2, 0.25) is 0 Å². The normalized spacial score (nSPS) is 13.5. The molecule has 1 aliphatic heterocycles. The van der Waals surface area contributed by atoms with E-state index in [0.717, 1.165) is 42.4 Å². The summed E-state index contributed by atoms with van der Waals surface area (Å²) in [7, 11) is -3.14. The van der Waals surface area contributed by atoms with Crippen LogP contribution in [0.1, 0.15) is 98.8 Å². The van der Waals surface area contributed by atoms with Crippen LogP contribution in [0.5, 0.6) is 0 Å². The van der Waals surface area contributed by atoms with Gasteiger partial charge in [-0.1, -0.05) is 50.7 Å². The quantitative estimate of drug-likeness (QED) is 0.102. The van der Waals surface area contributed by atoms with Crippen LogP contribution in [0.3, 0.4) is 0 Å². The molecule has 216 valence electrons. The molecule has 9 heteroatoms. The van der Waals surface area contributed by atoms with Gasteiger partial charge in [0.15, 0.2) is 0 Å². The Labute approximate surface area is 233 Å². The third-order valence-corrected chi connectivity index (χ3v) is 9.32. The fourth-order valence-corrected chi connectivity index (χ4v) is 6.92. The van der Waals surface area contributed by atoms with Crippen molar-refractivity contribution in [3.8, 4) is 0 Å². The molecule has 3 N–H and O–H groups in total. The van der Waals surface area contributed by atoms with E-state index >= 15 is 0 Å². The van der Waals surface area contributed by atoms with Gasteiger partial charge in [-0.2, -0.15) is 0 Å². The summed E-state index contributed by atoms with van der Waals surface area (Å²) in [5, 5.41) is 5.15. The highest BCUT2D eigenvalue weighted by Gasteiger charge is 2.33. The lowest BCUT2D eigenvalue weighted by atomic mass is 9.93. The zero-order valence-electron chi connectivity index (χ0n) is 23.7. The second kappa shape index (κ2) is 16.1. The molecule has 2 aromatic rings. The zero-order chi connectivity index (χ0) is 28.1. The molecule has 0 bridgehead atoms. The van der Waals surface area contributed by atoms with Gasteiger partial charge in [-0.15, -0.1) is 0 Å². The molecule has 2 amide bonds. The summed E-state index contributed by atoms with van der Waals surface area (Å²) in [5.41, 5.74) is 7.60. The second-order valence-electron chi connectivity index (χ2n) is 10.1.